The lowest BCUT2D eigenvalue weighted by Gasteiger charge is -2.19. The molecule has 0 heterocycles. The Morgan fingerprint density at radius 3 is 2.31 bits per heavy atom. The molecule has 0 spiro atoms. The lowest BCUT2D eigenvalue weighted by Crippen LogP contribution is -2.24. The molecule has 0 aromatic heterocycles. The van der Waals surface area contributed by atoms with Crippen molar-refractivity contribution in [2.24, 2.45) is 11.8 Å². The van der Waals surface area contributed by atoms with Gasteiger partial charge in [0.25, 0.3) is 0 Å². The highest BCUT2D eigenvalue weighted by Crippen LogP contribution is 2.46. The minimum absolute atomic E-state index is 0.707. The summed E-state index contributed by atoms with van der Waals surface area (Å²) in [5.74, 6) is 1.85. The van der Waals surface area contributed by atoms with Crippen LogP contribution in [0.2, 0.25) is 5.02 Å². The first-order valence-electron chi connectivity index (χ1n) is 6.27. The van der Waals surface area contributed by atoms with Crippen molar-refractivity contribution in [2.75, 3.05) is 5.32 Å². The van der Waals surface area contributed by atoms with E-state index in [0.29, 0.717) is 6.04 Å². The van der Waals surface area contributed by atoms with Crippen molar-refractivity contribution in [3.8, 4) is 0 Å². The molecule has 1 aromatic carbocycles. The third-order valence-electron chi connectivity index (χ3n) is 3.76. The van der Waals surface area contributed by atoms with E-state index in [-0.39, 0.29) is 0 Å². The van der Waals surface area contributed by atoms with Gasteiger partial charge in [0.05, 0.1) is 0 Å². The summed E-state index contributed by atoms with van der Waals surface area (Å²) < 4.78 is 0. The minimum Gasteiger partial charge on any atom is -0.382 e. The molecule has 1 aromatic rings. The Morgan fingerprint density at radius 2 is 1.81 bits per heavy atom. The predicted molar refractivity (Wildman–Crippen MR) is 69.0 cm³/mol. The van der Waals surface area contributed by atoms with Gasteiger partial charge in [0, 0.05) is 16.8 Å². The van der Waals surface area contributed by atoms with Crippen molar-refractivity contribution in [3.05, 3.63) is 28.8 Å². The molecule has 2 fully saturated rings. The van der Waals surface area contributed by atoms with Crippen LogP contribution in [-0.2, 0) is 0 Å². The van der Waals surface area contributed by atoms with Crippen LogP contribution < -0.4 is 5.32 Å². The summed E-state index contributed by atoms with van der Waals surface area (Å²) in [7, 11) is 0. The number of rotatable bonds is 4. The second-order valence-electron chi connectivity index (χ2n) is 5.31. The fourth-order valence-electron chi connectivity index (χ4n) is 2.41. The van der Waals surface area contributed by atoms with Gasteiger partial charge in [0.15, 0.2) is 0 Å². The minimum atomic E-state index is 0.707. The summed E-state index contributed by atoms with van der Waals surface area (Å²) in [6.45, 7) is 2.05. The van der Waals surface area contributed by atoms with E-state index in [9.17, 15) is 0 Å². The van der Waals surface area contributed by atoms with E-state index in [4.69, 9.17) is 11.6 Å². The maximum atomic E-state index is 6.15. The van der Waals surface area contributed by atoms with Crippen molar-refractivity contribution in [3.63, 3.8) is 0 Å². The first kappa shape index (κ1) is 10.5. The first-order valence-corrected chi connectivity index (χ1v) is 6.64. The molecule has 2 heteroatoms. The molecule has 1 N–H and O–H groups in total. The SMILES string of the molecule is Cc1ccc(NC(C2CC2)C2CC2)cc1Cl. The molecule has 0 amide bonds. The smallest absolute Gasteiger partial charge is 0.0455 e. The Balaban J connectivity index is 1.73. The molecule has 16 heavy (non-hydrogen) atoms. The second kappa shape index (κ2) is 3.96. The second-order valence-corrected chi connectivity index (χ2v) is 5.72. The Morgan fingerprint density at radius 1 is 1.19 bits per heavy atom. The zero-order valence-electron chi connectivity index (χ0n) is 9.67. The molecule has 2 aliphatic carbocycles. The lowest BCUT2D eigenvalue weighted by atomic mass is 10.1. The number of hydrogen-bond acceptors (Lipinski definition) is 1. The van der Waals surface area contributed by atoms with Crippen molar-refractivity contribution < 1.29 is 0 Å². The van der Waals surface area contributed by atoms with E-state index in [1.165, 1.54) is 31.4 Å². The molecule has 0 radical (unpaired) electrons. The van der Waals surface area contributed by atoms with Crippen LogP contribution in [0, 0.1) is 18.8 Å². The molecule has 86 valence electrons. The third kappa shape index (κ3) is 2.20. The summed E-state index contributed by atoms with van der Waals surface area (Å²) >= 11 is 6.15. The average molecular weight is 236 g/mol. The van der Waals surface area contributed by atoms with E-state index in [2.05, 4.69) is 23.5 Å². The maximum absolute atomic E-state index is 6.15. The van der Waals surface area contributed by atoms with E-state index in [0.717, 1.165) is 22.4 Å². The number of hydrogen-bond donors (Lipinski definition) is 1. The molecule has 2 aliphatic rings. The highest BCUT2D eigenvalue weighted by Gasteiger charge is 2.41. The monoisotopic (exact) mass is 235 g/mol. The number of anilines is 1. The molecule has 0 atom stereocenters. The molecular formula is C14H18ClN. The molecule has 2 saturated carbocycles. The van der Waals surface area contributed by atoms with Gasteiger partial charge in [-0.05, 0) is 62.1 Å². The van der Waals surface area contributed by atoms with Crippen molar-refractivity contribution in [1.29, 1.82) is 0 Å². The van der Waals surface area contributed by atoms with Crippen molar-refractivity contribution in [2.45, 2.75) is 38.6 Å². The van der Waals surface area contributed by atoms with Gasteiger partial charge in [0.1, 0.15) is 0 Å². The van der Waals surface area contributed by atoms with Gasteiger partial charge in [0.2, 0.25) is 0 Å². The van der Waals surface area contributed by atoms with Crippen LogP contribution >= 0.6 is 11.6 Å². The molecule has 0 bridgehead atoms. The molecule has 0 saturated heterocycles. The molecule has 3 rings (SSSR count). The van der Waals surface area contributed by atoms with Crippen LogP contribution in [0.4, 0.5) is 5.69 Å². The topological polar surface area (TPSA) is 12.0 Å². The van der Waals surface area contributed by atoms with Crippen LogP contribution in [0.3, 0.4) is 0 Å². The van der Waals surface area contributed by atoms with Crippen LogP contribution in [-0.4, -0.2) is 6.04 Å². The number of nitrogens with one attached hydrogen (secondary N) is 1. The first-order chi connectivity index (χ1) is 7.74. The quantitative estimate of drug-likeness (QED) is 0.823. The van der Waals surface area contributed by atoms with Crippen LogP contribution in [0.5, 0.6) is 0 Å². The molecule has 0 aliphatic heterocycles. The van der Waals surface area contributed by atoms with Crippen LogP contribution in [0.25, 0.3) is 0 Å². The number of halogens is 1. The Labute approximate surface area is 102 Å². The zero-order valence-corrected chi connectivity index (χ0v) is 10.4. The van der Waals surface area contributed by atoms with E-state index in [1.807, 2.05) is 6.92 Å². The van der Waals surface area contributed by atoms with Crippen LogP contribution in [0.15, 0.2) is 18.2 Å². The van der Waals surface area contributed by atoms with Crippen LogP contribution in [0.1, 0.15) is 31.2 Å². The molecule has 1 nitrogen and oxygen atoms in total. The maximum Gasteiger partial charge on any atom is 0.0455 e. The summed E-state index contributed by atoms with van der Waals surface area (Å²) in [5.41, 5.74) is 2.35. The average Bonchev–Trinajstić information content (AvgIpc) is 3.14. The summed E-state index contributed by atoms with van der Waals surface area (Å²) in [5, 5.41) is 4.56. The number of benzene rings is 1. The third-order valence-corrected chi connectivity index (χ3v) is 4.17. The number of aryl methyl sites for hydroxylation is 1. The van der Waals surface area contributed by atoms with Gasteiger partial charge in [-0.2, -0.15) is 0 Å². The normalized spacial score (nSPS) is 20.2. The van der Waals surface area contributed by atoms with E-state index >= 15 is 0 Å². The van der Waals surface area contributed by atoms with E-state index < -0.39 is 0 Å². The van der Waals surface area contributed by atoms with Gasteiger partial charge in [-0.1, -0.05) is 17.7 Å². The fraction of sp³-hybridized carbons (Fsp3) is 0.571. The van der Waals surface area contributed by atoms with Gasteiger partial charge in [-0.3, -0.25) is 0 Å². The Hall–Kier alpha value is -0.690. The predicted octanol–water partition coefficient (Wildman–Crippen LogP) is 4.25. The highest BCUT2D eigenvalue weighted by molar-refractivity contribution is 6.31. The lowest BCUT2D eigenvalue weighted by molar-refractivity contribution is 0.568. The van der Waals surface area contributed by atoms with E-state index in [1.54, 1.807) is 0 Å². The summed E-state index contributed by atoms with van der Waals surface area (Å²) in [6, 6.07) is 7.02. The van der Waals surface area contributed by atoms with Gasteiger partial charge >= 0.3 is 0 Å². The highest BCUT2D eigenvalue weighted by atomic mass is 35.5. The summed E-state index contributed by atoms with van der Waals surface area (Å²) in [6.07, 6.45) is 5.64. The Kier molecular flexibility index (Phi) is 2.59. The van der Waals surface area contributed by atoms with Gasteiger partial charge < -0.3 is 5.32 Å². The fourth-order valence-corrected chi connectivity index (χ4v) is 2.59. The van der Waals surface area contributed by atoms with Gasteiger partial charge in [-0.15, -0.1) is 0 Å². The van der Waals surface area contributed by atoms with Gasteiger partial charge in [-0.25, -0.2) is 0 Å². The molecular weight excluding hydrogens is 218 g/mol. The zero-order chi connectivity index (χ0) is 11.1. The Bertz CT molecular complexity index is 382. The largest absolute Gasteiger partial charge is 0.382 e. The molecule has 0 unspecified atom stereocenters. The summed E-state index contributed by atoms with van der Waals surface area (Å²) in [4.78, 5) is 0. The van der Waals surface area contributed by atoms with Crippen molar-refractivity contribution >= 4 is 17.3 Å². The standard InChI is InChI=1S/C14H18ClN/c1-9-2-7-12(8-13(9)15)16-14(10-3-4-10)11-5-6-11/h2,7-8,10-11,14,16H,3-6H2,1H3. The van der Waals surface area contributed by atoms with Crippen molar-refractivity contribution in [1.82, 2.24) is 0 Å².